The van der Waals surface area contributed by atoms with Crippen LogP contribution in [0.15, 0.2) is 18.2 Å². The molecule has 3 nitrogen and oxygen atoms in total. The van der Waals surface area contributed by atoms with Crippen LogP contribution in [-0.2, 0) is 6.42 Å². The lowest BCUT2D eigenvalue weighted by atomic mass is 9.53. The van der Waals surface area contributed by atoms with Gasteiger partial charge in [0.05, 0.1) is 32.3 Å². The highest BCUT2D eigenvalue weighted by Gasteiger charge is 2.61. The molecule has 2 fully saturated rings. The number of unbranched alkanes of at least 4 members (excludes halogenated alkanes) is 14. The molecular weight excluding hydrogens is 586 g/mol. The Morgan fingerprint density at radius 1 is 0.717 bits per heavy atom. The maximum Gasteiger partial charge on any atom is 0.115 e. The van der Waals surface area contributed by atoms with Gasteiger partial charge in [0.2, 0.25) is 0 Å². The Kier molecular flexibility index (Phi) is 16.8. The summed E-state index contributed by atoms with van der Waals surface area (Å²) in [5.74, 6) is 2.37. The number of hydrogen-bond donors (Lipinski definition) is 2. The van der Waals surface area contributed by atoms with E-state index in [0.29, 0.717) is 23.5 Å². The number of nitrogens with zero attached hydrogens (tertiary/aromatic N) is 1. The van der Waals surface area contributed by atoms with E-state index in [0.717, 1.165) is 25.7 Å². The molecule has 1 aromatic carbocycles. The van der Waals surface area contributed by atoms with E-state index >= 15 is 0 Å². The highest BCUT2D eigenvalue weighted by atomic mass is 35.5. The minimum absolute atomic E-state index is 0. The first-order valence-corrected chi connectivity index (χ1v) is 20.1. The number of benzene rings is 1. The topological polar surface area (TPSA) is 40.5 Å². The Hall–Kier alpha value is -0.770. The summed E-state index contributed by atoms with van der Waals surface area (Å²) >= 11 is 0. The van der Waals surface area contributed by atoms with E-state index in [1.54, 1.807) is 0 Å². The molecule has 3 aliphatic rings. The van der Waals surface area contributed by atoms with Gasteiger partial charge in [-0.05, 0) is 123 Å². The Balaban J connectivity index is 0.00000576. The van der Waals surface area contributed by atoms with Crippen molar-refractivity contribution in [2.45, 2.75) is 186 Å². The zero-order valence-corrected chi connectivity index (χ0v) is 31.5. The molecule has 1 aromatic rings. The van der Waals surface area contributed by atoms with Gasteiger partial charge in [-0.3, -0.25) is 0 Å². The van der Waals surface area contributed by atoms with Gasteiger partial charge >= 0.3 is 0 Å². The first-order chi connectivity index (χ1) is 21.8. The molecule has 0 aromatic heterocycles. The third-order valence-corrected chi connectivity index (χ3v) is 13.4. The van der Waals surface area contributed by atoms with E-state index in [4.69, 9.17) is 0 Å². The standard InChI is InChI=1S/C42H73NO2.ClH/c1-5-7-9-11-13-15-17-19-31-43(4,32-20-18-16-14-12-10-8-6-2)33-21-28-42(45)30-27-40-39-24-22-35-34-36(44)23-25-37(35)38(39)26-29-41(40,42)3;/h23,25,34,38-40,45H,5-22,24,26-33H2,1-4H3;1H/t38-,39-,40+,41+,42+;/m1./s1. The number of quaternary nitrogens is 1. The maximum atomic E-state index is 12.4. The third kappa shape index (κ3) is 10.4. The zero-order valence-electron chi connectivity index (χ0n) is 30.8. The molecule has 0 bridgehead atoms. The van der Waals surface area contributed by atoms with E-state index in [1.807, 2.05) is 12.1 Å². The maximum absolute atomic E-state index is 12.4. The molecule has 3 aliphatic carbocycles. The molecule has 0 aliphatic heterocycles. The van der Waals surface area contributed by atoms with Crippen molar-refractivity contribution in [1.82, 2.24) is 0 Å². The molecule has 0 heterocycles. The highest BCUT2D eigenvalue weighted by molar-refractivity contribution is 5.40. The number of aryl methyl sites for hydroxylation is 1. The molecule has 0 spiro atoms. The van der Waals surface area contributed by atoms with E-state index in [9.17, 15) is 10.2 Å². The number of halogens is 1. The van der Waals surface area contributed by atoms with Gasteiger partial charge in [-0.2, -0.15) is 0 Å². The van der Waals surface area contributed by atoms with Gasteiger partial charge in [0.25, 0.3) is 0 Å². The van der Waals surface area contributed by atoms with Gasteiger partial charge in [0.1, 0.15) is 5.75 Å². The Bertz CT molecular complexity index is 978. The van der Waals surface area contributed by atoms with Crippen molar-refractivity contribution in [1.29, 1.82) is 0 Å². The summed E-state index contributed by atoms with van der Waals surface area (Å²) in [5, 5.41) is 22.5. The van der Waals surface area contributed by atoms with Crippen molar-refractivity contribution in [2.24, 2.45) is 17.3 Å². The highest BCUT2D eigenvalue weighted by Crippen LogP contribution is 2.65. The lowest BCUT2D eigenvalue weighted by molar-refractivity contribution is -0.910. The summed E-state index contributed by atoms with van der Waals surface area (Å²) in [5.41, 5.74) is 2.43. The Morgan fingerprint density at radius 2 is 1.26 bits per heavy atom. The number of rotatable bonds is 22. The van der Waals surface area contributed by atoms with Crippen molar-refractivity contribution in [3.05, 3.63) is 29.3 Å². The van der Waals surface area contributed by atoms with Crippen molar-refractivity contribution >= 4 is 0 Å². The van der Waals surface area contributed by atoms with Crippen LogP contribution in [0.4, 0.5) is 0 Å². The van der Waals surface area contributed by atoms with E-state index in [-0.39, 0.29) is 17.8 Å². The van der Waals surface area contributed by atoms with Crippen LogP contribution in [0.2, 0.25) is 0 Å². The summed E-state index contributed by atoms with van der Waals surface area (Å²) in [6.07, 6.45) is 31.4. The molecule has 2 saturated carbocycles. The summed E-state index contributed by atoms with van der Waals surface area (Å²) in [4.78, 5) is 0. The SMILES string of the molecule is CCCCCCCCCC[N+](C)(CCCCCCCCCC)CCC[C@]1(O)CC[C@H]2[C@@H]3CCc4cc(O)ccc4[C@H]3CC[C@@]21C.[Cl-]. The molecule has 0 amide bonds. The van der Waals surface area contributed by atoms with Gasteiger partial charge in [-0.15, -0.1) is 0 Å². The average Bonchev–Trinajstić information content (AvgIpc) is 3.29. The molecular formula is C42H74ClNO2. The predicted molar refractivity (Wildman–Crippen MR) is 193 cm³/mol. The molecule has 4 heteroatoms. The van der Waals surface area contributed by atoms with Gasteiger partial charge in [0.15, 0.2) is 0 Å². The van der Waals surface area contributed by atoms with Gasteiger partial charge in [0, 0.05) is 0 Å². The Morgan fingerprint density at radius 3 is 1.85 bits per heavy atom. The van der Waals surface area contributed by atoms with Crippen LogP contribution in [0.5, 0.6) is 5.75 Å². The molecule has 46 heavy (non-hydrogen) atoms. The van der Waals surface area contributed by atoms with Crippen molar-refractivity contribution in [3.63, 3.8) is 0 Å². The number of phenols is 1. The molecule has 5 atom stereocenters. The predicted octanol–water partition coefficient (Wildman–Crippen LogP) is 8.49. The fourth-order valence-corrected chi connectivity index (χ4v) is 10.4. The molecule has 0 saturated heterocycles. The van der Waals surface area contributed by atoms with E-state index < -0.39 is 5.60 Å². The first-order valence-electron chi connectivity index (χ1n) is 20.1. The molecule has 2 N–H and O–H groups in total. The number of aromatic hydroxyl groups is 1. The molecule has 4 rings (SSSR count). The van der Waals surface area contributed by atoms with Crippen LogP contribution in [0.25, 0.3) is 0 Å². The lowest BCUT2D eigenvalue weighted by Crippen LogP contribution is -3.00. The summed E-state index contributed by atoms with van der Waals surface area (Å²) in [6.45, 7) is 11.0. The largest absolute Gasteiger partial charge is 1.00 e. The van der Waals surface area contributed by atoms with E-state index in [1.165, 1.54) is 164 Å². The van der Waals surface area contributed by atoms with Crippen LogP contribution in [0.1, 0.15) is 185 Å². The van der Waals surface area contributed by atoms with Crippen molar-refractivity contribution in [2.75, 3.05) is 26.7 Å². The van der Waals surface area contributed by atoms with Gasteiger partial charge < -0.3 is 27.1 Å². The minimum atomic E-state index is -0.500. The summed E-state index contributed by atoms with van der Waals surface area (Å²) < 4.78 is 1.22. The molecule has 0 unspecified atom stereocenters. The summed E-state index contributed by atoms with van der Waals surface area (Å²) in [6, 6.07) is 6.13. The monoisotopic (exact) mass is 660 g/mol. The number of fused-ring (bicyclic) bond motifs is 5. The fraction of sp³-hybridized carbons (Fsp3) is 0.857. The average molecular weight is 661 g/mol. The van der Waals surface area contributed by atoms with Crippen molar-refractivity contribution in [3.8, 4) is 5.75 Å². The zero-order chi connectivity index (χ0) is 32.2. The fourth-order valence-electron chi connectivity index (χ4n) is 10.4. The van der Waals surface area contributed by atoms with E-state index in [2.05, 4.69) is 33.9 Å². The lowest BCUT2D eigenvalue weighted by Gasteiger charge is -2.53. The van der Waals surface area contributed by atoms with Gasteiger partial charge in [-0.1, -0.05) is 104 Å². The van der Waals surface area contributed by atoms with Crippen LogP contribution in [-0.4, -0.2) is 47.0 Å². The quantitative estimate of drug-likeness (QED) is 0.0968. The van der Waals surface area contributed by atoms with Crippen LogP contribution in [0, 0.1) is 17.3 Å². The van der Waals surface area contributed by atoms with Crippen LogP contribution in [0.3, 0.4) is 0 Å². The number of phenolic OH excluding ortho intramolecular Hbond substituents is 1. The normalized spacial score (nSPS) is 27.1. The first kappa shape index (κ1) is 39.7. The minimum Gasteiger partial charge on any atom is -1.00 e. The van der Waals surface area contributed by atoms with Crippen LogP contribution >= 0.6 is 0 Å². The second kappa shape index (κ2) is 19.4. The number of aliphatic hydroxyl groups is 1. The van der Waals surface area contributed by atoms with Crippen molar-refractivity contribution < 1.29 is 27.1 Å². The summed E-state index contributed by atoms with van der Waals surface area (Å²) in [7, 11) is 2.55. The molecule has 0 radical (unpaired) electrons. The third-order valence-electron chi connectivity index (χ3n) is 13.4. The smallest absolute Gasteiger partial charge is 0.115 e. The number of hydrogen-bond acceptors (Lipinski definition) is 2. The molecule has 266 valence electrons. The second-order valence-electron chi connectivity index (χ2n) is 16.7. The Labute approximate surface area is 291 Å². The van der Waals surface area contributed by atoms with Gasteiger partial charge in [-0.25, -0.2) is 0 Å². The second-order valence-corrected chi connectivity index (χ2v) is 16.7. The van der Waals surface area contributed by atoms with Crippen LogP contribution < -0.4 is 12.4 Å².